The fourth-order valence-corrected chi connectivity index (χ4v) is 3.08. The summed E-state index contributed by atoms with van der Waals surface area (Å²) < 4.78 is 2.08. The van der Waals surface area contributed by atoms with E-state index in [4.69, 9.17) is 0 Å². The zero-order valence-corrected chi connectivity index (χ0v) is 15.5. The monoisotopic (exact) mass is 347 g/mol. The Hall–Kier alpha value is -1.89. The van der Waals surface area contributed by atoms with Gasteiger partial charge in [-0.15, -0.1) is 10.2 Å². The molecule has 2 heterocycles. The molecule has 2 aromatic rings. The third-order valence-corrected chi connectivity index (χ3v) is 4.52. The molecule has 0 radical (unpaired) electrons. The van der Waals surface area contributed by atoms with E-state index in [1.165, 1.54) is 11.8 Å². The molecule has 1 atom stereocenters. The van der Waals surface area contributed by atoms with Crippen molar-refractivity contribution >= 4 is 17.7 Å². The zero-order chi connectivity index (χ0) is 17.5. The first kappa shape index (κ1) is 18.4. The Labute approximate surface area is 147 Å². The van der Waals surface area contributed by atoms with E-state index >= 15 is 0 Å². The molecule has 0 spiro atoms. The summed E-state index contributed by atoms with van der Waals surface area (Å²) in [6.07, 6.45) is 4.46. The number of amides is 1. The van der Waals surface area contributed by atoms with E-state index in [1.54, 1.807) is 12.4 Å². The number of nitrogens with one attached hydrogen (secondary N) is 1. The van der Waals surface area contributed by atoms with Crippen molar-refractivity contribution in [1.82, 2.24) is 25.1 Å². The number of pyridine rings is 1. The zero-order valence-electron chi connectivity index (χ0n) is 14.7. The molecule has 0 aromatic carbocycles. The topological polar surface area (TPSA) is 72.7 Å². The Morgan fingerprint density at radius 1 is 1.25 bits per heavy atom. The molecule has 7 heteroatoms. The first-order valence-electron chi connectivity index (χ1n) is 8.30. The van der Waals surface area contributed by atoms with Crippen molar-refractivity contribution in [3.8, 4) is 11.4 Å². The van der Waals surface area contributed by atoms with Crippen molar-refractivity contribution < 1.29 is 4.79 Å². The maximum Gasteiger partial charge on any atom is 0.233 e. The van der Waals surface area contributed by atoms with Crippen LogP contribution in [0.4, 0.5) is 0 Å². The second kappa shape index (κ2) is 8.82. The van der Waals surface area contributed by atoms with Crippen LogP contribution in [0.5, 0.6) is 0 Å². The molecule has 0 fully saturated rings. The summed E-state index contributed by atoms with van der Waals surface area (Å²) >= 11 is 1.45. The smallest absolute Gasteiger partial charge is 0.233 e. The molecule has 0 saturated carbocycles. The molecule has 0 bridgehead atoms. The highest BCUT2D eigenvalue weighted by Crippen LogP contribution is 2.26. The minimum absolute atomic E-state index is 0.0326. The molecule has 0 aliphatic carbocycles. The SMILES string of the molecule is CCCn1c(SC(C)C(=O)NCC(C)C)nnc1-c1ccncc1. The predicted molar refractivity (Wildman–Crippen MR) is 96.7 cm³/mol. The lowest BCUT2D eigenvalue weighted by atomic mass is 10.2. The molecule has 24 heavy (non-hydrogen) atoms. The maximum atomic E-state index is 12.2. The van der Waals surface area contributed by atoms with E-state index in [-0.39, 0.29) is 11.2 Å². The Morgan fingerprint density at radius 2 is 1.96 bits per heavy atom. The van der Waals surface area contributed by atoms with E-state index in [2.05, 4.69) is 45.8 Å². The van der Waals surface area contributed by atoms with Gasteiger partial charge in [-0.1, -0.05) is 32.5 Å². The van der Waals surface area contributed by atoms with E-state index in [9.17, 15) is 4.79 Å². The maximum absolute atomic E-state index is 12.2. The molecule has 1 amide bonds. The number of carbonyl (C=O) groups excluding carboxylic acids is 1. The summed E-state index contributed by atoms with van der Waals surface area (Å²) in [6, 6.07) is 3.84. The van der Waals surface area contributed by atoms with Gasteiger partial charge in [-0.25, -0.2) is 0 Å². The van der Waals surface area contributed by atoms with Gasteiger partial charge in [-0.05, 0) is 31.4 Å². The van der Waals surface area contributed by atoms with Crippen molar-refractivity contribution in [3.63, 3.8) is 0 Å². The first-order chi connectivity index (χ1) is 11.5. The summed E-state index contributed by atoms with van der Waals surface area (Å²) in [5.74, 6) is 1.29. The van der Waals surface area contributed by atoms with Crippen molar-refractivity contribution in [1.29, 1.82) is 0 Å². The third-order valence-electron chi connectivity index (χ3n) is 3.44. The van der Waals surface area contributed by atoms with Crippen molar-refractivity contribution in [2.24, 2.45) is 5.92 Å². The van der Waals surface area contributed by atoms with Gasteiger partial charge in [0.1, 0.15) is 0 Å². The summed E-state index contributed by atoms with van der Waals surface area (Å²) in [6.45, 7) is 9.68. The Morgan fingerprint density at radius 3 is 2.58 bits per heavy atom. The van der Waals surface area contributed by atoms with Crippen LogP contribution < -0.4 is 5.32 Å². The quantitative estimate of drug-likeness (QED) is 0.743. The first-order valence-corrected chi connectivity index (χ1v) is 9.18. The van der Waals surface area contributed by atoms with Crippen molar-refractivity contribution in [3.05, 3.63) is 24.5 Å². The van der Waals surface area contributed by atoms with Crippen LogP contribution in [-0.2, 0) is 11.3 Å². The van der Waals surface area contributed by atoms with E-state index < -0.39 is 0 Å². The third kappa shape index (κ3) is 4.80. The lowest BCUT2D eigenvalue weighted by Gasteiger charge is -2.14. The molecule has 2 aromatic heterocycles. The predicted octanol–water partition coefficient (Wildman–Crippen LogP) is 3.00. The lowest BCUT2D eigenvalue weighted by Crippen LogP contribution is -2.33. The standard InChI is InChI=1S/C17H25N5OS/c1-5-10-22-15(14-6-8-18-9-7-14)20-21-17(22)24-13(4)16(23)19-11-12(2)3/h6-9,12-13H,5,10-11H2,1-4H3,(H,19,23). The highest BCUT2D eigenvalue weighted by Gasteiger charge is 2.20. The Bertz CT molecular complexity index is 656. The van der Waals surface area contributed by atoms with Gasteiger partial charge in [0.05, 0.1) is 5.25 Å². The van der Waals surface area contributed by atoms with E-state index in [1.807, 2.05) is 19.1 Å². The van der Waals surface area contributed by atoms with Gasteiger partial charge in [0.25, 0.3) is 0 Å². The Balaban J connectivity index is 2.15. The summed E-state index contributed by atoms with van der Waals surface area (Å²) in [5.41, 5.74) is 0.981. The summed E-state index contributed by atoms with van der Waals surface area (Å²) in [7, 11) is 0. The average molecular weight is 347 g/mol. The van der Waals surface area contributed by atoms with Crippen LogP contribution in [0, 0.1) is 5.92 Å². The van der Waals surface area contributed by atoms with Crippen LogP contribution in [0.2, 0.25) is 0 Å². The normalized spacial score (nSPS) is 12.4. The van der Waals surface area contributed by atoms with Crippen LogP contribution in [0.15, 0.2) is 29.7 Å². The Kier molecular flexibility index (Phi) is 6.78. The summed E-state index contributed by atoms with van der Waals surface area (Å²) in [5, 5.41) is 12.2. The molecule has 1 N–H and O–H groups in total. The molecular weight excluding hydrogens is 322 g/mol. The molecule has 2 rings (SSSR count). The van der Waals surface area contributed by atoms with Crippen LogP contribution in [-0.4, -0.2) is 37.5 Å². The summed E-state index contributed by atoms with van der Waals surface area (Å²) in [4.78, 5) is 16.2. The number of nitrogens with zero attached hydrogens (tertiary/aromatic N) is 4. The van der Waals surface area contributed by atoms with Crippen molar-refractivity contribution in [2.75, 3.05) is 6.54 Å². The molecular formula is C17H25N5OS. The number of aromatic nitrogens is 4. The fraction of sp³-hybridized carbons (Fsp3) is 0.529. The number of carbonyl (C=O) groups is 1. The van der Waals surface area contributed by atoms with Gasteiger partial charge in [0.2, 0.25) is 5.91 Å². The minimum atomic E-state index is -0.214. The number of thioether (sulfide) groups is 1. The fourth-order valence-electron chi connectivity index (χ4n) is 2.18. The van der Waals surface area contributed by atoms with Crippen LogP contribution >= 0.6 is 11.8 Å². The minimum Gasteiger partial charge on any atom is -0.355 e. The largest absolute Gasteiger partial charge is 0.355 e. The number of hydrogen-bond acceptors (Lipinski definition) is 5. The van der Waals surface area contributed by atoms with Gasteiger partial charge in [0, 0.05) is 31.0 Å². The average Bonchev–Trinajstić information content (AvgIpc) is 2.96. The number of rotatable bonds is 8. The van der Waals surface area contributed by atoms with Gasteiger partial charge >= 0.3 is 0 Å². The molecule has 0 aliphatic heterocycles. The van der Waals surface area contributed by atoms with Crippen LogP contribution in [0.3, 0.4) is 0 Å². The van der Waals surface area contributed by atoms with Gasteiger partial charge in [0.15, 0.2) is 11.0 Å². The van der Waals surface area contributed by atoms with E-state index in [0.29, 0.717) is 12.5 Å². The van der Waals surface area contributed by atoms with Crippen LogP contribution in [0.25, 0.3) is 11.4 Å². The second-order valence-corrected chi connectivity index (χ2v) is 7.40. The lowest BCUT2D eigenvalue weighted by molar-refractivity contribution is -0.120. The highest BCUT2D eigenvalue weighted by atomic mass is 32.2. The second-order valence-electron chi connectivity index (χ2n) is 6.09. The van der Waals surface area contributed by atoms with Gasteiger partial charge in [-0.2, -0.15) is 0 Å². The molecule has 0 saturated heterocycles. The molecule has 130 valence electrons. The molecule has 1 unspecified atom stereocenters. The molecule has 0 aliphatic rings. The van der Waals surface area contributed by atoms with Crippen molar-refractivity contribution in [2.45, 2.75) is 51.1 Å². The number of hydrogen-bond donors (Lipinski definition) is 1. The molecule has 6 nitrogen and oxygen atoms in total. The highest BCUT2D eigenvalue weighted by molar-refractivity contribution is 8.00. The van der Waals surface area contributed by atoms with Crippen LogP contribution in [0.1, 0.15) is 34.1 Å². The van der Waals surface area contributed by atoms with Gasteiger partial charge in [-0.3, -0.25) is 9.78 Å². The van der Waals surface area contributed by atoms with Gasteiger partial charge < -0.3 is 9.88 Å². The van der Waals surface area contributed by atoms with E-state index in [0.717, 1.165) is 29.5 Å².